The average Bonchev–Trinajstić information content (AvgIpc) is 2.44. The van der Waals surface area contributed by atoms with Crippen molar-refractivity contribution in [3.05, 3.63) is 23.8 Å². The Hall–Kier alpha value is -1.62. The van der Waals surface area contributed by atoms with Gasteiger partial charge >= 0.3 is 0 Å². The van der Waals surface area contributed by atoms with Crippen LogP contribution >= 0.6 is 0 Å². The van der Waals surface area contributed by atoms with E-state index in [0.29, 0.717) is 12.5 Å². The van der Waals surface area contributed by atoms with E-state index in [9.17, 15) is 0 Å². The Morgan fingerprint density at radius 1 is 1.42 bits per heavy atom. The fourth-order valence-corrected chi connectivity index (χ4v) is 1.52. The maximum absolute atomic E-state index is 5.77. The first kappa shape index (κ1) is 17.4. The zero-order valence-corrected chi connectivity index (χ0v) is 12.3. The summed E-state index contributed by atoms with van der Waals surface area (Å²) in [5.74, 6) is 5.41. The molecule has 0 aliphatic carbocycles. The summed E-state index contributed by atoms with van der Waals surface area (Å²) in [6.45, 7) is 6.84. The maximum atomic E-state index is 5.77. The van der Waals surface area contributed by atoms with E-state index in [1.807, 2.05) is 26.0 Å². The molecule has 5 nitrogen and oxygen atoms in total. The second-order valence-electron chi connectivity index (χ2n) is 4.37. The van der Waals surface area contributed by atoms with Crippen LogP contribution in [0.4, 0.5) is 0 Å². The quantitative estimate of drug-likeness (QED) is 0.258. The Morgan fingerprint density at radius 3 is 2.68 bits per heavy atom. The van der Waals surface area contributed by atoms with Crippen LogP contribution in [-0.2, 0) is 0 Å². The van der Waals surface area contributed by atoms with E-state index >= 15 is 0 Å². The van der Waals surface area contributed by atoms with Gasteiger partial charge in [0, 0.05) is 0 Å². The molecule has 0 fully saturated rings. The molecule has 0 amide bonds. The highest BCUT2D eigenvalue weighted by Gasteiger charge is 2.03. The Balaban J connectivity index is 4.73. The van der Waals surface area contributed by atoms with Gasteiger partial charge in [-0.1, -0.05) is 31.9 Å². The normalized spacial score (nSPS) is 15.4. The van der Waals surface area contributed by atoms with Gasteiger partial charge < -0.3 is 11.6 Å². The van der Waals surface area contributed by atoms with Crippen molar-refractivity contribution in [2.45, 2.75) is 40.0 Å². The summed E-state index contributed by atoms with van der Waals surface area (Å²) in [4.78, 5) is 0. The molecule has 0 aromatic rings. The number of rotatable bonds is 9. The molecule has 108 valence electrons. The van der Waals surface area contributed by atoms with Crippen LogP contribution in [0, 0.1) is 5.92 Å². The fourth-order valence-electron chi connectivity index (χ4n) is 1.52. The molecular formula is C14H27N5. The number of hydrogen-bond acceptors (Lipinski definition) is 4. The van der Waals surface area contributed by atoms with Crippen molar-refractivity contribution >= 4 is 12.1 Å². The predicted molar refractivity (Wildman–Crippen MR) is 83.9 cm³/mol. The van der Waals surface area contributed by atoms with Crippen molar-refractivity contribution in [2.24, 2.45) is 27.7 Å². The molecule has 0 heterocycles. The number of nitrogens with one attached hydrogen (secondary N) is 1. The predicted octanol–water partition coefficient (Wildman–Crippen LogP) is 2.12. The van der Waals surface area contributed by atoms with Crippen LogP contribution in [0.2, 0.25) is 0 Å². The van der Waals surface area contributed by atoms with Gasteiger partial charge in [0.2, 0.25) is 0 Å². The fraction of sp³-hybridized carbons (Fsp3) is 0.571. The minimum atomic E-state index is 0.401. The van der Waals surface area contributed by atoms with Gasteiger partial charge in [0.1, 0.15) is 6.34 Å². The van der Waals surface area contributed by atoms with E-state index < -0.39 is 0 Å². The molecule has 0 rings (SSSR count). The van der Waals surface area contributed by atoms with E-state index in [4.69, 9.17) is 11.6 Å². The van der Waals surface area contributed by atoms with E-state index in [2.05, 4.69) is 28.6 Å². The Bertz CT molecular complexity index is 342. The lowest BCUT2D eigenvalue weighted by molar-refractivity contribution is 0.564. The molecule has 5 N–H and O–H groups in total. The monoisotopic (exact) mass is 265 g/mol. The molecular weight excluding hydrogens is 238 g/mol. The van der Waals surface area contributed by atoms with Crippen molar-refractivity contribution in [2.75, 3.05) is 6.54 Å². The van der Waals surface area contributed by atoms with Gasteiger partial charge in [-0.15, -0.1) is 0 Å². The zero-order chi connectivity index (χ0) is 14.5. The number of hydrazone groups is 2. The van der Waals surface area contributed by atoms with Crippen molar-refractivity contribution in [1.82, 2.24) is 5.43 Å². The van der Waals surface area contributed by atoms with Crippen LogP contribution < -0.4 is 17.0 Å². The third-order valence-electron chi connectivity index (χ3n) is 2.91. The Morgan fingerprint density at radius 2 is 2.16 bits per heavy atom. The van der Waals surface area contributed by atoms with Crippen LogP contribution in [0.5, 0.6) is 0 Å². The van der Waals surface area contributed by atoms with Crippen molar-refractivity contribution in [3.63, 3.8) is 0 Å². The topological polar surface area (TPSA) is 88.8 Å². The Kier molecular flexibility index (Phi) is 10.5. The van der Waals surface area contributed by atoms with Crippen LogP contribution in [0.1, 0.15) is 40.0 Å². The van der Waals surface area contributed by atoms with Gasteiger partial charge in [0.15, 0.2) is 0 Å². The van der Waals surface area contributed by atoms with E-state index in [-0.39, 0.29) is 0 Å². The van der Waals surface area contributed by atoms with Crippen LogP contribution in [0.25, 0.3) is 0 Å². The van der Waals surface area contributed by atoms with E-state index in [1.165, 1.54) is 19.2 Å². The van der Waals surface area contributed by atoms with Gasteiger partial charge in [-0.3, -0.25) is 5.43 Å². The average molecular weight is 265 g/mol. The molecule has 0 saturated carbocycles. The molecule has 1 unspecified atom stereocenters. The molecule has 0 bridgehead atoms. The molecule has 0 radical (unpaired) electrons. The van der Waals surface area contributed by atoms with Crippen LogP contribution in [0.15, 0.2) is 34.0 Å². The number of unbranched alkanes of at least 4 members (excludes halogenated alkanes) is 1. The van der Waals surface area contributed by atoms with Gasteiger partial charge in [-0.05, 0) is 44.4 Å². The van der Waals surface area contributed by atoms with Gasteiger partial charge in [0.25, 0.3) is 0 Å². The minimum absolute atomic E-state index is 0.401. The van der Waals surface area contributed by atoms with Gasteiger partial charge in [-0.2, -0.15) is 10.2 Å². The minimum Gasteiger partial charge on any atom is -0.330 e. The smallest absolute Gasteiger partial charge is 0.128 e. The molecule has 0 aromatic heterocycles. The SMILES string of the molecule is C\C=C(C)/C(/C=C\C(CN)CCCC)=N/N/C=N/N. The molecule has 0 spiro atoms. The van der Waals surface area contributed by atoms with Crippen LogP contribution in [-0.4, -0.2) is 18.6 Å². The summed E-state index contributed by atoms with van der Waals surface area (Å²) < 4.78 is 0. The number of allylic oxidation sites excluding steroid dienone is 3. The molecule has 19 heavy (non-hydrogen) atoms. The lowest BCUT2D eigenvalue weighted by Gasteiger charge is -2.09. The number of nitrogens with two attached hydrogens (primary N) is 2. The van der Waals surface area contributed by atoms with Crippen molar-refractivity contribution in [3.8, 4) is 0 Å². The first-order valence-corrected chi connectivity index (χ1v) is 6.76. The summed E-state index contributed by atoms with van der Waals surface area (Å²) in [7, 11) is 0. The highest BCUT2D eigenvalue weighted by Crippen LogP contribution is 2.09. The largest absolute Gasteiger partial charge is 0.330 e. The number of nitrogens with zero attached hydrogens (tertiary/aromatic N) is 2. The summed E-state index contributed by atoms with van der Waals surface area (Å²) in [6.07, 6.45) is 11.0. The molecule has 0 aromatic carbocycles. The van der Waals surface area contributed by atoms with Crippen molar-refractivity contribution < 1.29 is 0 Å². The first-order valence-electron chi connectivity index (χ1n) is 6.76. The highest BCUT2D eigenvalue weighted by molar-refractivity contribution is 6.08. The van der Waals surface area contributed by atoms with Gasteiger partial charge in [-0.25, -0.2) is 0 Å². The second-order valence-corrected chi connectivity index (χ2v) is 4.37. The van der Waals surface area contributed by atoms with Crippen molar-refractivity contribution in [1.29, 1.82) is 0 Å². The number of hydrogen-bond donors (Lipinski definition) is 3. The molecule has 0 aliphatic heterocycles. The third kappa shape index (κ3) is 8.15. The first-order chi connectivity index (χ1) is 9.19. The third-order valence-corrected chi connectivity index (χ3v) is 2.91. The molecule has 0 aliphatic rings. The second kappa shape index (κ2) is 11.5. The maximum Gasteiger partial charge on any atom is 0.128 e. The summed E-state index contributed by atoms with van der Waals surface area (Å²) in [5.41, 5.74) is 10.4. The molecule has 0 saturated heterocycles. The lowest BCUT2D eigenvalue weighted by Crippen LogP contribution is -2.13. The van der Waals surface area contributed by atoms with E-state index in [1.54, 1.807) is 0 Å². The van der Waals surface area contributed by atoms with E-state index in [0.717, 1.165) is 17.7 Å². The molecule has 5 heteroatoms. The standard InChI is InChI=1S/C14H27N5/c1-4-6-7-13(10-15)8-9-14(12(3)5-2)19-18-11-17-16/h5,8-9,11,13H,4,6-7,10,15-16H2,1-3H3,(H,17,18)/b9-8-,12-5-,19-14+. The zero-order valence-electron chi connectivity index (χ0n) is 12.3. The summed E-state index contributed by atoms with van der Waals surface area (Å²) in [5, 5.41) is 7.55. The van der Waals surface area contributed by atoms with Gasteiger partial charge in [0.05, 0.1) is 5.71 Å². The summed E-state index contributed by atoms with van der Waals surface area (Å²) >= 11 is 0. The summed E-state index contributed by atoms with van der Waals surface area (Å²) in [6, 6.07) is 0. The highest BCUT2D eigenvalue weighted by atomic mass is 15.3. The lowest BCUT2D eigenvalue weighted by atomic mass is 10.0. The molecule has 1 atom stereocenters. The Labute approximate surface area is 116 Å². The van der Waals surface area contributed by atoms with Crippen LogP contribution in [0.3, 0.4) is 0 Å².